The highest BCUT2D eigenvalue weighted by Gasteiger charge is 2.16. The van der Waals surface area contributed by atoms with Gasteiger partial charge in [-0.05, 0) is 36.8 Å². The quantitative estimate of drug-likeness (QED) is 0.781. The first-order valence-electron chi connectivity index (χ1n) is 7.43. The standard InChI is InChI=1S/C18H19NO6/c1-11-4-7-16(24-3)14(8-11)19-17(21)10-25-18(22)13-6-5-12(23-2)9-15(13)20/h4-9,20H,10H2,1-3H3,(H,19,21). The van der Waals surface area contributed by atoms with Gasteiger partial charge in [-0.3, -0.25) is 4.79 Å². The van der Waals surface area contributed by atoms with Gasteiger partial charge in [0.2, 0.25) is 0 Å². The van der Waals surface area contributed by atoms with Crippen LogP contribution < -0.4 is 14.8 Å². The molecule has 0 unspecified atom stereocenters. The van der Waals surface area contributed by atoms with E-state index >= 15 is 0 Å². The number of hydrogen-bond donors (Lipinski definition) is 2. The number of amides is 1. The Hall–Kier alpha value is -3.22. The Morgan fingerprint density at radius 3 is 2.48 bits per heavy atom. The number of phenols is 1. The topological polar surface area (TPSA) is 94.1 Å². The van der Waals surface area contributed by atoms with Gasteiger partial charge in [0, 0.05) is 6.07 Å². The van der Waals surface area contributed by atoms with Crippen LogP contribution in [0.15, 0.2) is 36.4 Å². The summed E-state index contributed by atoms with van der Waals surface area (Å²) in [6.07, 6.45) is 0. The van der Waals surface area contributed by atoms with Crippen molar-refractivity contribution in [3.05, 3.63) is 47.5 Å². The van der Waals surface area contributed by atoms with Crippen molar-refractivity contribution < 1.29 is 28.9 Å². The van der Waals surface area contributed by atoms with E-state index in [0.717, 1.165) is 5.56 Å². The highest BCUT2D eigenvalue weighted by molar-refractivity contribution is 5.97. The van der Waals surface area contributed by atoms with Crippen LogP contribution in [-0.4, -0.2) is 37.8 Å². The normalized spacial score (nSPS) is 10.0. The second-order valence-electron chi connectivity index (χ2n) is 5.21. The van der Waals surface area contributed by atoms with Crippen molar-refractivity contribution in [3.63, 3.8) is 0 Å². The Morgan fingerprint density at radius 2 is 1.84 bits per heavy atom. The van der Waals surface area contributed by atoms with Gasteiger partial charge >= 0.3 is 5.97 Å². The summed E-state index contributed by atoms with van der Waals surface area (Å²) in [4.78, 5) is 24.0. The van der Waals surface area contributed by atoms with Gasteiger partial charge < -0.3 is 24.6 Å². The third-order valence-electron chi connectivity index (χ3n) is 3.39. The largest absolute Gasteiger partial charge is 0.507 e. The summed E-state index contributed by atoms with van der Waals surface area (Å²) in [5, 5.41) is 12.4. The summed E-state index contributed by atoms with van der Waals surface area (Å²) in [6.45, 7) is 1.38. The highest BCUT2D eigenvalue weighted by Crippen LogP contribution is 2.26. The van der Waals surface area contributed by atoms with Crippen molar-refractivity contribution in [3.8, 4) is 17.2 Å². The van der Waals surface area contributed by atoms with E-state index in [1.54, 1.807) is 12.1 Å². The molecule has 0 atom stereocenters. The average Bonchev–Trinajstić information content (AvgIpc) is 2.59. The number of carbonyl (C=O) groups is 2. The Balaban J connectivity index is 1.98. The molecule has 132 valence electrons. The Labute approximate surface area is 145 Å². The fourth-order valence-electron chi connectivity index (χ4n) is 2.13. The maximum Gasteiger partial charge on any atom is 0.342 e. The molecule has 7 nitrogen and oxygen atoms in total. The van der Waals surface area contributed by atoms with E-state index in [4.69, 9.17) is 14.2 Å². The Bertz CT molecular complexity index is 787. The third-order valence-corrected chi connectivity index (χ3v) is 3.39. The van der Waals surface area contributed by atoms with E-state index < -0.39 is 18.5 Å². The number of aryl methyl sites for hydroxylation is 1. The molecule has 2 aromatic rings. The van der Waals surface area contributed by atoms with Crippen LogP contribution in [0.3, 0.4) is 0 Å². The van der Waals surface area contributed by atoms with E-state index in [1.165, 1.54) is 32.4 Å². The molecular weight excluding hydrogens is 326 g/mol. The Morgan fingerprint density at radius 1 is 1.08 bits per heavy atom. The molecule has 2 aromatic carbocycles. The van der Waals surface area contributed by atoms with Crippen LogP contribution in [0.4, 0.5) is 5.69 Å². The highest BCUT2D eigenvalue weighted by atomic mass is 16.5. The number of methoxy groups -OCH3 is 2. The number of rotatable bonds is 6. The van der Waals surface area contributed by atoms with Crippen LogP contribution in [-0.2, 0) is 9.53 Å². The maximum atomic E-state index is 12.0. The van der Waals surface area contributed by atoms with Crippen molar-refractivity contribution in [1.29, 1.82) is 0 Å². The minimum Gasteiger partial charge on any atom is -0.507 e. The van der Waals surface area contributed by atoms with Crippen molar-refractivity contribution in [2.45, 2.75) is 6.92 Å². The number of ether oxygens (including phenoxy) is 3. The molecule has 0 aliphatic heterocycles. The number of hydrogen-bond acceptors (Lipinski definition) is 6. The molecule has 0 spiro atoms. The number of benzene rings is 2. The summed E-state index contributed by atoms with van der Waals surface area (Å²) in [6, 6.07) is 9.47. The van der Waals surface area contributed by atoms with Gasteiger partial charge in [-0.15, -0.1) is 0 Å². The molecular formula is C18H19NO6. The lowest BCUT2D eigenvalue weighted by Gasteiger charge is -2.11. The predicted octanol–water partition coefficient (Wildman–Crippen LogP) is 2.51. The van der Waals surface area contributed by atoms with E-state index in [9.17, 15) is 14.7 Å². The summed E-state index contributed by atoms with van der Waals surface area (Å²) < 4.78 is 15.0. The Kier molecular flexibility index (Phi) is 5.84. The second kappa shape index (κ2) is 8.05. The number of anilines is 1. The number of aromatic hydroxyl groups is 1. The molecule has 25 heavy (non-hydrogen) atoms. The van der Waals surface area contributed by atoms with Gasteiger partial charge in [-0.2, -0.15) is 0 Å². The van der Waals surface area contributed by atoms with Crippen LogP contribution in [0.1, 0.15) is 15.9 Å². The summed E-state index contributed by atoms with van der Waals surface area (Å²) in [5.41, 5.74) is 1.37. The molecule has 0 bridgehead atoms. The molecule has 2 N–H and O–H groups in total. The van der Waals surface area contributed by atoms with Crippen LogP contribution >= 0.6 is 0 Å². The molecule has 0 radical (unpaired) electrons. The molecule has 7 heteroatoms. The molecule has 0 heterocycles. The SMILES string of the molecule is COc1ccc(C(=O)OCC(=O)Nc2cc(C)ccc2OC)c(O)c1. The van der Waals surface area contributed by atoms with Gasteiger partial charge in [0.25, 0.3) is 5.91 Å². The van der Waals surface area contributed by atoms with E-state index in [2.05, 4.69) is 5.32 Å². The van der Waals surface area contributed by atoms with Crippen LogP contribution in [0.25, 0.3) is 0 Å². The first-order valence-corrected chi connectivity index (χ1v) is 7.43. The van der Waals surface area contributed by atoms with Gasteiger partial charge in [0.15, 0.2) is 6.61 Å². The van der Waals surface area contributed by atoms with Gasteiger partial charge in [-0.25, -0.2) is 4.79 Å². The number of carbonyl (C=O) groups excluding carboxylic acids is 2. The van der Waals surface area contributed by atoms with E-state index in [1.807, 2.05) is 13.0 Å². The molecule has 0 aliphatic carbocycles. The molecule has 2 rings (SSSR count). The van der Waals surface area contributed by atoms with Gasteiger partial charge in [-0.1, -0.05) is 6.07 Å². The van der Waals surface area contributed by atoms with Gasteiger partial charge in [0.1, 0.15) is 22.8 Å². The first kappa shape index (κ1) is 18.1. The first-order chi connectivity index (χ1) is 11.9. The monoisotopic (exact) mass is 345 g/mol. The van der Waals surface area contributed by atoms with Crippen molar-refractivity contribution in [2.24, 2.45) is 0 Å². The van der Waals surface area contributed by atoms with Crippen molar-refractivity contribution in [1.82, 2.24) is 0 Å². The number of nitrogens with one attached hydrogen (secondary N) is 1. The molecule has 0 aliphatic rings. The lowest BCUT2D eigenvalue weighted by molar-refractivity contribution is -0.119. The van der Waals surface area contributed by atoms with Crippen LogP contribution in [0.2, 0.25) is 0 Å². The predicted molar refractivity (Wildman–Crippen MR) is 91.3 cm³/mol. The average molecular weight is 345 g/mol. The zero-order valence-corrected chi connectivity index (χ0v) is 14.2. The summed E-state index contributed by atoms with van der Waals surface area (Å²) in [5.74, 6) is -0.724. The molecule has 0 saturated carbocycles. The lowest BCUT2D eigenvalue weighted by atomic mass is 10.2. The zero-order valence-electron chi connectivity index (χ0n) is 14.2. The fraction of sp³-hybridized carbons (Fsp3) is 0.222. The minimum atomic E-state index is -0.813. The van der Waals surface area contributed by atoms with Crippen LogP contribution in [0, 0.1) is 6.92 Å². The smallest absolute Gasteiger partial charge is 0.342 e. The molecule has 0 aromatic heterocycles. The van der Waals surface area contributed by atoms with Crippen molar-refractivity contribution >= 4 is 17.6 Å². The van der Waals surface area contributed by atoms with E-state index in [-0.39, 0.29) is 11.3 Å². The third kappa shape index (κ3) is 4.63. The number of phenolic OH excluding ortho intramolecular Hbond substituents is 1. The zero-order chi connectivity index (χ0) is 18.4. The minimum absolute atomic E-state index is 0.0539. The summed E-state index contributed by atoms with van der Waals surface area (Å²) in [7, 11) is 2.93. The van der Waals surface area contributed by atoms with Gasteiger partial charge in [0.05, 0.1) is 19.9 Å². The van der Waals surface area contributed by atoms with Crippen molar-refractivity contribution in [2.75, 3.05) is 26.1 Å². The van der Waals surface area contributed by atoms with Crippen LogP contribution in [0.5, 0.6) is 17.2 Å². The maximum absolute atomic E-state index is 12.0. The summed E-state index contributed by atoms with van der Waals surface area (Å²) >= 11 is 0. The fourth-order valence-corrected chi connectivity index (χ4v) is 2.13. The lowest BCUT2D eigenvalue weighted by Crippen LogP contribution is -2.21. The van der Waals surface area contributed by atoms with E-state index in [0.29, 0.717) is 17.2 Å². The molecule has 0 saturated heterocycles. The number of esters is 1. The molecule has 1 amide bonds. The molecule has 0 fully saturated rings. The second-order valence-corrected chi connectivity index (χ2v) is 5.21.